The van der Waals surface area contributed by atoms with E-state index in [2.05, 4.69) is 18.8 Å². The van der Waals surface area contributed by atoms with Crippen molar-refractivity contribution in [2.45, 2.75) is 26.3 Å². The Hall–Kier alpha value is -0.960. The first-order valence-corrected chi connectivity index (χ1v) is 4.45. The van der Waals surface area contributed by atoms with Crippen molar-refractivity contribution in [2.24, 2.45) is 11.7 Å². The number of nitrogens with two attached hydrogens (primary N) is 1. The van der Waals surface area contributed by atoms with Gasteiger partial charge in [0.1, 0.15) is 5.82 Å². The van der Waals surface area contributed by atoms with Crippen LogP contribution in [0.4, 0.5) is 4.39 Å². The van der Waals surface area contributed by atoms with Crippen molar-refractivity contribution in [3.63, 3.8) is 0 Å². The van der Waals surface area contributed by atoms with Gasteiger partial charge in [-0.15, -0.1) is 0 Å². The smallest absolute Gasteiger partial charge is 0.141 e. The maximum Gasteiger partial charge on any atom is 0.141 e. The lowest BCUT2D eigenvalue weighted by molar-refractivity contribution is 0.485. The minimum Gasteiger partial charge on any atom is -0.327 e. The normalized spacial score (nSPS) is 13.3. The largest absolute Gasteiger partial charge is 0.327 e. The van der Waals surface area contributed by atoms with Crippen LogP contribution in [0, 0.1) is 11.7 Å². The second kappa shape index (κ2) is 4.33. The third-order valence-corrected chi connectivity index (χ3v) is 2.09. The molecule has 0 amide bonds. The van der Waals surface area contributed by atoms with Crippen molar-refractivity contribution in [2.75, 3.05) is 0 Å². The van der Waals surface area contributed by atoms with Crippen molar-refractivity contribution in [1.82, 2.24) is 4.98 Å². The van der Waals surface area contributed by atoms with E-state index in [1.807, 2.05) is 0 Å². The molecule has 0 saturated carbocycles. The van der Waals surface area contributed by atoms with E-state index >= 15 is 0 Å². The summed E-state index contributed by atoms with van der Waals surface area (Å²) >= 11 is 0. The molecular weight excluding hydrogens is 167 g/mol. The number of nitrogens with zero attached hydrogens (tertiary/aromatic N) is 1. The van der Waals surface area contributed by atoms with Crippen LogP contribution < -0.4 is 5.73 Å². The van der Waals surface area contributed by atoms with Gasteiger partial charge in [0, 0.05) is 18.2 Å². The molecular formula is C10H15FN2. The molecule has 1 aromatic heterocycles. The topological polar surface area (TPSA) is 38.9 Å². The van der Waals surface area contributed by atoms with Gasteiger partial charge in [-0.2, -0.15) is 0 Å². The molecule has 2 N–H and O–H groups in total. The molecule has 0 aliphatic rings. The van der Waals surface area contributed by atoms with Crippen molar-refractivity contribution in [3.8, 4) is 0 Å². The molecule has 2 nitrogen and oxygen atoms in total. The predicted molar refractivity (Wildman–Crippen MR) is 50.7 cm³/mol. The highest BCUT2D eigenvalue weighted by Gasteiger charge is 2.08. The van der Waals surface area contributed by atoms with Crippen LogP contribution in [0.3, 0.4) is 0 Å². The van der Waals surface area contributed by atoms with E-state index in [0.717, 1.165) is 5.69 Å². The monoisotopic (exact) mass is 182 g/mol. The molecule has 0 radical (unpaired) electrons. The molecule has 0 aliphatic carbocycles. The van der Waals surface area contributed by atoms with Gasteiger partial charge in [0.2, 0.25) is 0 Å². The molecule has 0 aliphatic heterocycles. The summed E-state index contributed by atoms with van der Waals surface area (Å²) in [7, 11) is 0. The van der Waals surface area contributed by atoms with Crippen LogP contribution >= 0.6 is 0 Å². The Morgan fingerprint density at radius 3 is 2.62 bits per heavy atom. The molecule has 13 heavy (non-hydrogen) atoms. The molecule has 3 heteroatoms. The number of hydrogen-bond acceptors (Lipinski definition) is 2. The van der Waals surface area contributed by atoms with Crippen LogP contribution in [0.5, 0.6) is 0 Å². The minimum atomic E-state index is -0.304. The van der Waals surface area contributed by atoms with E-state index in [0.29, 0.717) is 12.3 Å². The quantitative estimate of drug-likeness (QED) is 0.773. The molecule has 0 bridgehead atoms. The lowest BCUT2D eigenvalue weighted by Gasteiger charge is -2.14. The maximum atomic E-state index is 12.5. The van der Waals surface area contributed by atoms with Gasteiger partial charge in [-0.25, -0.2) is 4.39 Å². The number of halogens is 1. The fraction of sp³-hybridized carbons (Fsp3) is 0.500. The maximum absolute atomic E-state index is 12.5. The second-order valence-electron chi connectivity index (χ2n) is 3.58. The van der Waals surface area contributed by atoms with Crippen molar-refractivity contribution in [1.29, 1.82) is 0 Å². The average Bonchev–Trinajstić information content (AvgIpc) is 2.08. The molecule has 1 rings (SSSR count). The summed E-state index contributed by atoms with van der Waals surface area (Å²) in [4.78, 5) is 3.95. The summed E-state index contributed by atoms with van der Waals surface area (Å²) in [5.74, 6) is 0.119. The van der Waals surface area contributed by atoms with Gasteiger partial charge in [-0.1, -0.05) is 13.8 Å². The minimum absolute atomic E-state index is 0.0953. The summed E-state index contributed by atoms with van der Waals surface area (Å²) in [6.07, 6.45) is 1.93. The van der Waals surface area contributed by atoms with Gasteiger partial charge in [0.05, 0.1) is 6.20 Å². The number of rotatable bonds is 3. The SMILES string of the molecule is CC(C)C(N)Cc1ccc(F)cn1. The van der Waals surface area contributed by atoms with Crippen molar-refractivity contribution < 1.29 is 4.39 Å². The van der Waals surface area contributed by atoms with Crippen LogP contribution in [0.2, 0.25) is 0 Å². The Kier molecular flexibility index (Phi) is 3.37. The summed E-state index contributed by atoms with van der Waals surface area (Å²) in [6.45, 7) is 4.13. The highest BCUT2D eigenvalue weighted by molar-refractivity contribution is 5.06. The summed E-state index contributed by atoms with van der Waals surface area (Å²) in [5, 5.41) is 0. The zero-order valence-electron chi connectivity index (χ0n) is 8.00. The van der Waals surface area contributed by atoms with E-state index in [-0.39, 0.29) is 11.9 Å². The molecule has 0 fully saturated rings. The molecule has 72 valence electrons. The lowest BCUT2D eigenvalue weighted by atomic mass is 10.0. The first-order valence-electron chi connectivity index (χ1n) is 4.45. The third kappa shape index (κ3) is 3.11. The van der Waals surface area contributed by atoms with Crippen LogP contribution in [0.25, 0.3) is 0 Å². The molecule has 0 spiro atoms. The van der Waals surface area contributed by atoms with Gasteiger partial charge in [-0.3, -0.25) is 4.98 Å². The van der Waals surface area contributed by atoms with Crippen LogP contribution in [-0.4, -0.2) is 11.0 Å². The van der Waals surface area contributed by atoms with Gasteiger partial charge in [0.15, 0.2) is 0 Å². The zero-order chi connectivity index (χ0) is 9.84. The zero-order valence-corrected chi connectivity index (χ0v) is 8.00. The van der Waals surface area contributed by atoms with E-state index in [4.69, 9.17) is 5.73 Å². The van der Waals surface area contributed by atoms with Crippen molar-refractivity contribution in [3.05, 3.63) is 29.8 Å². The Balaban J connectivity index is 2.59. The standard InChI is InChI=1S/C10H15FN2/c1-7(2)10(12)5-9-4-3-8(11)6-13-9/h3-4,6-7,10H,5,12H2,1-2H3. The van der Waals surface area contributed by atoms with Crippen LogP contribution in [0.1, 0.15) is 19.5 Å². The fourth-order valence-corrected chi connectivity index (χ4v) is 1.00. The second-order valence-corrected chi connectivity index (χ2v) is 3.58. The van der Waals surface area contributed by atoms with E-state index < -0.39 is 0 Å². The van der Waals surface area contributed by atoms with Gasteiger partial charge >= 0.3 is 0 Å². The van der Waals surface area contributed by atoms with Gasteiger partial charge in [-0.05, 0) is 18.1 Å². The third-order valence-electron chi connectivity index (χ3n) is 2.09. The van der Waals surface area contributed by atoms with Gasteiger partial charge < -0.3 is 5.73 Å². The highest BCUT2D eigenvalue weighted by atomic mass is 19.1. The molecule has 1 atom stereocenters. The molecule has 1 aromatic rings. The molecule has 0 aromatic carbocycles. The van der Waals surface area contributed by atoms with Crippen molar-refractivity contribution >= 4 is 0 Å². The number of pyridine rings is 1. The Bertz CT molecular complexity index is 256. The van der Waals surface area contributed by atoms with E-state index in [1.165, 1.54) is 12.3 Å². The van der Waals surface area contributed by atoms with Crippen LogP contribution in [-0.2, 0) is 6.42 Å². The van der Waals surface area contributed by atoms with E-state index in [1.54, 1.807) is 6.07 Å². The fourth-order valence-electron chi connectivity index (χ4n) is 1.00. The molecule has 1 heterocycles. The molecule has 0 saturated heterocycles. The summed E-state index contributed by atoms with van der Waals surface area (Å²) in [6, 6.07) is 3.19. The first-order chi connectivity index (χ1) is 6.09. The van der Waals surface area contributed by atoms with Gasteiger partial charge in [0.25, 0.3) is 0 Å². The van der Waals surface area contributed by atoms with Crippen LogP contribution in [0.15, 0.2) is 18.3 Å². The number of hydrogen-bond donors (Lipinski definition) is 1. The Labute approximate surface area is 78.0 Å². The predicted octanol–water partition coefficient (Wildman–Crippen LogP) is 1.75. The lowest BCUT2D eigenvalue weighted by Crippen LogP contribution is -2.29. The molecule has 1 unspecified atom stereocenters. The average molecular weight is 182 g/mol. The Morgan fingerprint density at radius 1 is 1.46 bits per heavy atom. The van der Waals surface area contributed by atoms with E-state index in [9.17, 15) is 4.39 Å². The number of aromatic nitrogens is 1. The summed E-state index contributed by atoms with van der Waals surface area (Å²) < 4.78 is 12.5. The summed E-state index contributed by atoms with van der Waals surface area (Å²) in [5.41, 5.74) is 6.70. The highest BCUT2D eigenvalue weighted by Crippen LogP contribution is 2.06. The Morgan fingerprint density at radius 2 is 2.15 bits per heavy atom. The first kappa shape index (κ1) is 10.1.